The van der Waals surface area contributed by atoms with Crippen LogP contribution in [0.2, 0.25) is 0 Å². The molecule has 2 heterocycles. The van der Waals surface area contributed by atoms with Crippen LogP contribution in [-0.4, -0.2) is 54.3 Å². The lowest BCUT2D eigenvalue weighted by Crippen LogP contribution is -2.39. The van der Waals surface area contributed by atoms with Gasteiger partial charge in [0, 0.05) is 19.1 Å². The van der Waals surface area contributed by atoms with Gasteiger partial charge in [-0.15, -0.1) is 0 Å². The van der Waals surface area contributed by atoms with Crippen LogP contribution in [0.15, 0.2) is 0 Å². The number of nitrogens with zero attached hydrogens (tertiary/aromatic N) is 2. The van der Waals surface area contributed by atoms with Crippen molar-refractivity contribution in [3.05, 3.63) is 0 Å². The van der Waals surface area contributed by atoms with Crippen LogP contribution in [0.25, 0.3) is 0 Å². The minimum absolute atomic E-state index is 0.608. The second kappa shape index (κ2) is 4.51. The van der Waals surface area contributed by atoms with E-state index in [0.717, 1.165) is 11.8 Å². The molecule has 16 heavy (non-hydrogen) atoms. The van der Waals surface area contributed by atoms with Crippen molar-refractivity contribution in [3.8, 4) is 0 Å². The Kier molecular flexibility index (Phi) is 3.20. The molecule has 1 unspecified atom stereocenters. The molecule has 0 amide bonds. The lowest BCUT2D eigenvalue weighted by molar-refractivity contribution is 0.198. The van der Waals surface area contributed by atoms with Crippen molar-refractivity contribution in [2.45, 2.75) is 38.1 Å². The van der Waals surface area contributed by atoms with Crippen LogP contribution in [0.4, 0.5) is 0 Å². The summed E-state index contributed by atoms with van der Waals surface area (Å²) in [5, 5.41) is 0. The summed E-state index contributed by atoms with van der Waals surface area (Å²) in [6.07, 6.45) is 7.07. The standard InChI is InChI=1S/C13H24N2S/c16-11-13(4-5-13)10-14-6-2-8-15-7-1-3-12(15)9-14/h12,16H,1-11H2. The van der Waals surface area contributed by atoms with E-state index in [0.29, 0.717) is 5.41 Å². The molecule has 0 spiro atoms. The topological polar surface area (TPSA) is 6.48 Å². The molecule has 3 rings (SSSR count). The smallest absolute Gasteiger partial charge is 0.0223 e. The Hall–Kier alpha value is 0.270. The van der Waals surface area contributed by atoms with Gasteiger partial charge in [-0.2, -0.15) is 12.6 Å². The number of thiol groups is 1. The molecule has 1 aliphatic carbocycles. The summed E-state index contributed by atoms with van der Waals surface area (Å²) in [6, 6.07) is 0.873. The number of hydrogen-bond acceptors (Lipinski definition) is 3. The molecule has 1 saturated carbocycles. The average molecular weight is 240 g/mol. The fraction of sp³-hybridized carbons (Fsp3) is 1.00. The van der Waals surface area contributed by atoms with Crippen LogP contribution in [0, 0.1) is 5.41 Å². The van der Waals surface area contributed by atoms with Crippen molar-refractivity contribution < 1.29 is 0 Å². The van der Waals surface area contributed by atoms with Gasteiger partial charge in [0.25, 0.3) is 0 Å². The third kappa shape index (κ3) is 2.27. The third-order valence-corrected chi connectivity index (χ3v) is 5.41. The van der Waals surface area contributed by atoms with Crippen molar-refractivity contribution in [1.29, 1.82) is 0 Å². The molecule has 3 fully saturated rings. The Bertz CT molecular complexity index is 252. The molecule has 2 nitrogen and oxygen atoms in total. The third-order valence-electron chi connectivity index (χ3n) is 4.74. The minimum Gasteiger partial charge on any atom is -0.301 e. The van der Waals surface area contributed by atoms with Gasteiger partial charge < -0.3 is 4.90 Å². The first-order valence-electron chi connectivity index (χ1n) is 6.89. The molecule has 0 aromatic carbocycles. The van der Waals surface area contributed by atoms with Gasteiger partial charge in [-0.1, -0.05) is 0 Å². The monoisotopic (exact) mass is 240 g/mol. The maximum absolute atomic E-state index is 4.53. The second-order valence-electron chi connectivity index (χ2n) is 6.08. The molecule has 0 aromatic rings. The van der Waals surface area contributed by atoms with E-state index in [4.69, 9.17) is 0 Å². The summed E-state index contributed by atoms with van der Waals surface area (Å²) in [5.74, 6) is 1.10. The first kappa shape index (κ1) is 11.4. The molecule has 3 heteroatoms. The molecule has 2 saturated heterocycles. The maximum Gasteiger partial charge on any atom is 0.0223 e. The SMILES string of the molecule is SCC1(CN2CCCN3CCCC3C2)CC1. The Balaban J connectivity index is 1.58. The lowest BCUT2D eigenvalue weighted by atomic mass is 10.1. The van der Waals surface area contributed by atoms with E-state index in [1.54, 1.807) is 0 Å². The zero-order chi connectivity index (χ0) is 11.0. The van der Waals surface area contributed by atoms with Crippen molar-refractivity contribution in [3.63, 3.8) is 0 Å². The summed E-state index contributed by atoms with van der Waals surface area (Å²) in [5.41, 5.74) is 0.608. The van der Waals surface area contributed by atoms with E-state index in [1.807, 2.05) is 0 Å². The average Bonchev–Trinajstić information content (AvgIpc) is 2.98. The molecule has 92 valence electrons. The molecule has 3 aliphatic rings. The fourth-order valence-electron chi connectivity index (χ4n) is 3.44. The van der Waals surface area contributed by atoms with Gasteiger partial charge in [-0.25, -0.2) is 0 Å². The van der Waals surface area contributed by atoms with Crippen LogP contribution in [0.1, 0.15) is 32.1 Å². The van der Waals surface area contributed by atoms with Gasteiger partial charge in [-0.05, 0) is 62.9 Å². The first-order chi connectivity index (χ1) is 7.81. The van der Waals surface area contributed by atoms with Gasteiger partial charge in [0.05, 0.1) is 0 Å². The van der Waals surface area contributed by atoms with E-state index < -0.39 is 0 Å². The second-order valence-corrected chi connectivity index (χ2v) is 6.40. The fourth-order valence-corrected chi connectivity index (χ4v) is 3.86. The summed E-state index contributed by atoms with van der Waals surface area (Å²) < 4.78 is 0. The van der Waals surface area contributed by atoms with E-state index in [-0.39, 0.29) is 0 Å². The molecular formula is C13H24N2S. The highest BCUT2D eigenvalue weighted by Gasteiger charge is 2.43. The van der Waals surface area contributed by atoms with Crippen LogP contribution >= 0.6 is 12.6 Å². The highest BCUT2D eigenvalue weighted by molar-refractivity contribution is 7.80. The molecule has 0 bridgehead atoms. The lowest BCUT2D eigenvalue weighted by Gasteiger charge is -2.28. The van der Waals surface area contributed by atoms with Crippen molar-refractivity contribution in [1.82, 2.24) is 9.80 Å². The van der Waals surface area contributed by atoms with Crippen molar-refractivity contribution >= 4 is 12.6 Å². The van der Waals surface area contributed by atoms with Crippen LogP contribution in [-0.2, 0) is 0 Å². The Morgan fingerprint density at radius 1 is 1.12 bits per heavy atom. The first-order valence-corrected chi connectivity index (χ1v) is 7.52. The summed E-state index contributed by atoms with van der Waals surface area (Å²) in [7, 11) is 0. The molecule has 1 atom stereocenters. The van der Waals surface area contributed by atoms with Gasteiger partial charge in [0.1, 0.15) is 0 Å². The predicted molar refractivity (Wildman–Crippen MR) is 71.2 cm³/mol. The summed E-state index contributed by atoms with van der Waals surface area (Å²) >= 11 is 4.53. The normalized spacial score (nSPS) is 34.7. The van der Waals surface area contributed by atoms with Crippen molar-refractivity contribution in [2.75, 3.05) is 38.5 Å². The van der Waals surface area contributed by atoms with Crippen LogP contribution < -0.4 is 0 Å². The molecule has 0 N–H and O–H groups in total. The molecular weight excluding hydrogens is 216 g/mol. The summed E-state index contributed by atoms with van der Waals surface area (Å²) in [4.78, 5) is 5.46. The Morgan fingerprint density at radius 2 is 1.94 bits per heavy atom. The van der Waals surface area contributed by atoms with E-state index in [1.165, 1.54) is 64.8 Å². The van der Waals surface area contributed by atoms with Gasteiger partial charge in [-0.3, -0.25) is 4.90 Å². The van der Waals surface area contributed by atoms with E-state index >= 15 is 0 Å². The summed E-state index contributed by atoms with van der Waals surface area (Å²) in [6.45, 7) is 6.67. The zero-order valence-corrected chi connectivity index (χ0v) is 11.1. The number of rotatable bonds is 3. The zero-order valence-electron chi connectivity index (χ0n) is 10.2. The largest absolute Gasteiger partial charge is 0.301 e. The van der Waals surface area contributed by atoms with Crippen LogP contribution in [0.3, 0.4) is 0 Å². The van der Waals surface area contributed by atoms with E-state index in [9.17, 15) is 0 Å². The van der Waals surface area contributed by atoms with Crippen LogP contribution in [0.5, 0.6) is 0 Å². The minimum atomic E-state index is 0.608. The molecule has 0 aromatic heterocycles. The number of fused-ring (bicyclic) bond motifs is 1. The highest BCUT2D eigenvalue weighted by Crippen LogP contribution is 2.47. The van der Waals surface area contributed by atoms with E-state index in [2.05, 4.69) is 22.4 Å². The van der Waals surface area contributed by atoms with Gasteiger partial charge in [0.15, 0.2) is 0 Å². The van der Waals surface area contributed by atoms with Gasteiger partial charge >= 0.3 is 0 Å². The van der Waals surface area contributed by atoms with Crippen molar-refractivity contribution in [2.24, 2.45) is 5.41 Å². The predicted octanol–water partition coefficient (Wildman–Crippen LogP) is 1.87. The highest BCUT2D eigenvalue weighted by atomic mass is 32.1. The Morgan fingerprint density at radius 3 is 2.69 bits per heavy atom. The molecule has 0 radical (unpaired) electrons. The maximum atomic E-state index is 4.53. The quantitative estimate of drug-likeness (QED) is 0.752. The Labute approximate surface area is 105 Å². The molecule has 2 aliphatic heterocycles. The van der Waals surface area contributed by atoms with Gasteiger partial charge in [0.2, 0.25) is 0 Å². The number of hydrogen-bond donors (Lipinski definition) is 1.